The van der Waals surface area contributed by atoms with Crippen molar-refractivity contribution in [1.29, 1.82) is 0 Å². The van der Waals surface area contributed by atoms with E-state index in [-0.39, 0.29) is 4.90 Å². The summed E-state index contributed by atoms with van der Waals surface area (Å²) in [6.07, 6.45) is 6.44. The fourth-order valence-corrected chi connectivity index (χ4v) is 5.07. The number of hydrogen-bond acceptors (Lipinski definition) is 5. The van der Waals surface area contributed by atoms with Crippen LogP contribution in [0.5, 0.6) is 11.5 Å². The lowest BCUT2D eigenvalue weighted by molar-refractivity contribution is -0.134. The Morgan fingerprint density at radius 1 is 1.18 bits per heavy atom. The van der Waals surface area contributed by atoms with Crippen LogP contribution in [0.2, 0.25) is 0 Å². The van der Waals surface area contributed by atoms with Crippen LogP contribution >= 0.6 is 15.9 Å². The lowest BCUT2D eigenvalue weighted by Gasteiger charge is -2.37. The Kier molecular flexibility index (Phi) is 6.62. The normalized spacial score (nSPS) is 18.0. The summed E-state index contributed by atoms with van der Waals surface area (Å²) in [5, 5.41) is 0. The number of carbonyl (C=O) groups excluding carboxylic acids is 1. The third-order valence-electron chi connectivity index (χ3n) is 6.03. The second-order valence-electron chi connectivity index (χ2n) is 8.99. The Labute approximate surface area is 204 Å². The average Bonchev–Trinajstić information content (AvgIpc) is 2.75. The van der Waals surface area contributed by atoms with Crippen LogP contribution in [0.25, 0.3) is 0 Å². The van der Waals surface area contributed by atoms with Crippen LogP contribution < -0.4 is 14.2 Å². The molecule has 176 valence electrons. The number of benzene rings is 2. The van der Waals surface area contributed by atoms with Crippen LogP contribution in [0.1, 0.15) is 49.4 Å². The summed E-state index contributed by atoms with van der Waals surface area (Å²) < 4.78 is 40.7. The summed E-state index contributed by atoms with van der Waals surface area (Å²) in [6.45, 7) is 11.0. The van der Waals surface area contributed by atoms with Gasteiger partial charge in [-0.3, -0.25) is 4.79 Å². The zero-order valence-electron chi connectivity index (χ0n) is 19.6. The number of rotatable bonds is 5. The van der Waals surface area contributed by atoms with Crippen molar-refractivity contribution in [3.63, 3.8) is 0 Å². The van der Waals surface area contributed by atoms with E-state index < -0.39 is 27.1 Å². The summed E-state index contributed by atoms with van der Waals surface area (Å²) in [4.78, 5) is 13.1. The Balaban J connectivity index is 1.93. The van der Waals surface area contributed by atoms with Gasteiger partial charge in [-0.2, -0.15) is 0 Å². The molecule has 3 rings (SSSR count). The zero-order valence-corrected chi connectivity index (χ0v) is 22.0. The van der Waals surface area contributed by atoms with Gasteiger partial charge >= 0.3 is 0 Å². The van der Waals surface area contributed by atoms with E-state index in [1.807, 2.05) is 34.6 Å². The van der Waals surface area contributed by atoms with Crippen LogP contribution in [0.4, 0.5) is 0 Å². The zero-order chi connectivity index (χ0) is 24.8. The van der Waals surface area contributed by atoms with E-state index >= 15 is 0 Å². The van der Waals surface area contributed by atoms with E-state index in [1.54, 1.807) is 19.1 Å². The highest BCUT2D eigenvalue weighted by Crippen LogP contribution is 2.44. The number of ether oxygens (including phenoxy) is 2. The first kappa shape index (κ1) is 25.1. The molecule has 0 bridgehead atoms. The summed E-state index contributed by atoms with van der Waals surface area (Å²) in [7, 11) is -4.04. The smallest absolute Gasteiger partial charge is 0.277 e. The number of halogens is 1. The number of sulfonamides is 1. The maximum absolute atomic E-state index is 13.1. The van der Waals surface area contributed by atoms with E-state index in [2.05, 4.69) is 26.6 Å². The minimum absolute atomic E-state index is 0.000326. The molecule has 2 aromatic rings. The molecular weight excluding hydrogens is 506 g/mol. The molecule has 0 fully saturated rings. The summed E-state index contributed by atoms with van der Waals surface area (Å²) in [6, 6.07) is 6.05. The fraction of sp³-hybridized carbons (Fsp3) is 0.400. The molecule has 8 heteroatoms. The molecule has 1 heterocycles. The van der Waals surface area contributed by atoms with E-state index in [9.17, 15) is 13.2 Å². The van der Waals surface area contributed by atoms with Crippen molar-refractivity contribution in [3.05, 3.63) is 51.0 Å². The predicted octanol–water partition coefficient (Wildman–Crippen LogP) is 4.75. The molecule has 1 aliphatic rings. The molecule has 1 atom stereocenters. The van der Waals surface area contributed by atoms with Gasteiger partial charge in [-0.15, -0.1) is 6.42 Å². The van der Waals surface area contributed by atoms with E-state index in [4.69, 9.17) is 15.9 Å². The molecule has 0 aromatic heterocycles. The lowest BCUT2D eigenvalue weighted by Crippen LogP contribution is -2.52. The van der Waals surface area contributed by atoms with Gasteiger partial charge in [0.05, 0.1) is 4.90 Å². The highest BCUT2D eigenvalue weighted by Gasteiger charge is 2.42. The SMILES string of the molecule is C#CC(C)(C)Oc1c(C)c(C)c2c(c1C)CCC(C)(C(=O)NS(=O)(=O)c1ccc(Br)cc1)O2. The third kappa shape index (κ3) is 4.90. The predicted molar refractivity (Wildman–Crippen MR) is 131 cm³/mol. The van der Waals surface area contributed by atoms with Crippen LogP contribution in [0, 0.1) is 33.1 Å². The van der Waals surface area contributed by atoms with Crippen molar-refractivity contribution in [2.75, 3.05) is 0 Å². The second-order valence-corrected chi connectivity index (χ2v) is 11.6. The van der Waals surface area contributed by atoms with Gasteiger partial charge in [-0.05, 0) is 88.9 Å². The molecule has 1 unspecified atom stereocenters. The van der Waals surface area contributed by atoms with Gasteiger partial charge in [0.2, 0.25) is 0 Å². The fourth-order valence-electron chi connectivity index (χ4n) is 3.73. The molecule has 1 aliphatic heterocycles. The molecule has 1 N–H and O–H groups in total. The van der Waals surface area contributed by atoms with Crippen LogP contribution in [0.15, 0.2) is 33.6 Å². The Hall–Kier alpha value is -2.50. The number of terminal acetylenes is 1. The Morgan fingerprint density at radius 3 is 2.36 bits per heavy atom. The first-order chi connectivity index (χ1) is 15.2. The lowest BCUT2D eigenvalue weighted by atomic mass is 9.86. The van der Waals surface area contributed by atoms with Gasteiger partial charge in [0, 0.05) is 16.5 Å². The second kappa shape index (κ2) is 8.69. The number of carbonyl (C=O) groups is 1. The van der Waals surface area contributed by atoms with Crippen LogP contribution in [0.3, 0.4) is 0 Å². The van der Waals surface area contributed by atoms with E-state index in [0.717, 1.165) is 26.7 Å². The van der Waals surface area contributed by atoms with Gasteiger partial charge in [0.15, 0.2) is 11.2 Å². The van der Waals surface area contributed by atoms with Crippen molar-refractivity contribution < 1.29 is 22.7 Å². The molecule has 0 aliphatic carbocycles. The van der Waals surface area contributed by atoms with Gasteiger partial charge in [-0.25, -0.2) is 13.1 Å². The Morgan fingerprint density at radius 2 is 1.79 bits per heavy atom. The molecule has 6 nitrogen and oxygen atoms in total. The van der Waals surface area contributed by atoms with Crippen molar-refractivity contribution in [2.24, 2.45) is 0 Å². The van der Waals surface area contributed by atoms with Crippen molar-refractivity contribution >= 4 is 31.9 Å². The summed E-state index contributed by atoms with van der Waals surface area (Å²) in [5.41, 5.74) is 1.40. The van der Waals surface area contributed by atoms with Crippen molar-refractivity contribution in [3.8, 4) is 23.8 Å². The molecule has 0 radical (unpaired) electrons. The molecule has 0 saturated heterocycles. The maximum Gasteiger partial charge on any atom is 0.277 e. The van der Waals surface area contributed by atoms with E-state index in [1.165, 1.54) is 12.1 Å². The van der Waals surface area contributed by atoms with Crippen molar-refractivity contribution in [2.45, 2.75) is 70.5 Å². The van der Waals surface area contributed by atoms with Gasteiger partial charge < -0.3 is 9.47 Å². The molecular formula is C25H28BrNO5S. The monoisotopic (exact) mass is 533 g/mol. The average molecular weight is 534 g/mol. The van der Waals surface area contributed by atoms with Crippen LogP contribution in [-0.4, -0.2) is 25.5 Å². The molecule has 1 amide bonds. The van der Waals surface area contributed by atoms with Crippen molar-refractivity contribution in [1.82, 2.24) is 4.72 Å². The summed E-state index contributed by atoms with van der Waals surface area (Å²) in [5.74, 6) is 3.23. The number of amides is 1. The number of nitrogens with one attached hydrogen (secondary N) is 1. The Bertz CT molecular complexity index is 1260. The highest BCUT2D eigenvalue weighted by atomic mass is 79.9. The minimum atomic E-state index is -4.04. The van der Waals surface area contributed by atoms with Gasteiger partial charge in [0.1, 0.15) is 11.5 Å². The van der Waals surface area contributed by atoms with Gasteiger partial charge in [-0.1, -0.05) is 21.9 Å². The van der Waals surface area contributed by atoms with Crippen LogP contribution in [-0.2, 0) is 21.2 Å². The first-order valence-electron chi connectivity index (χ1n) is 10.5. The largest absolute Gasteiger partial charge is 0.477 e. The van der Waals surface area contributed by atoms with E-state index in [0.29, 0.717) is 24.3 Å². The third-order valence-corrected chi connectivity index (χ3v) is 7.90. The molecule has 0 saturated carbocycles. The number of fused-ring (bicyclic) bond motifs is 1. The first-order valence-corrected chi connectivity index (χ1v) is 12.8. The number of hydrogen-bond donors (Lipinski definition) is 1. The summed E-state index contributed by atoms with van der Waals surface area (Å²) >= 11 is 3.27. The molecule has 2 aromatic carbocycles. The highest BCUT2D eigenvalue weighted by molar-refractivity contribution is 9.10. The van der Waals surface area contributed by atoms with Gasteiger partial charge in [0.25, 0.3) is 15.9 Å². The molecule has 33 heavy (non-hydrogen) atoms. The minimum Gasteiger partial charge on any atom is -0.477 e. The molecule has 0 spiro atoms. The maximum atomic E-state index is 13.1. The quantitative estimate of drug-likeness (QED) is 0.560. The topological polar surface area (TPSA) is 81.7 Å². The standard InChI is InChI=1S/C25H28BrNO5S/c1-8-24(5,6)31-21-15(2)16(3)22-20(17(21)4)13-14-25(7,32-22)23(28)27-33(29,30)19-11-9-18(26)10-12-19/h1,9-12H,13-14H2,2-7H3,(H,27,28).